The van der Waals surface area contributed by atoms with Gasteiger partial charge in [-0.2, -0.15) is 0 Å². The standard InChI is InChI=1S/C23H25Br2NO5/c1-21(5-4-16(28)26-17-18(29)12(24)8-13(25)19(17)30)15(27)3-6-23-9-11-7-14(20(21)23)31-22(11,2)10-23/h3,6,8,11,14,20,29-30H,4-5,7,9-10H2,1-2H3,(H,26,28)/t11-,14+,20+,21-,22+,23+/m0/s1. The zero-order chi connectivity index (χ0) is 22.3. The van der Waals surface area contributed by atoms with E-state index in [0.717, 1.165) is 19.3 Å². The third kappa shape index (κ3) is 2.97. The smallest absolute Gasteiger partial charge is 0.224 e. The van der Waals surface area contributed by atoms with Gasteiger partial charge in [0.1, 0.15) is 5.69 Å². The first-order valence-corrected chi connectivity index (χ1v) is 12.2. The number of ketones is 1. The molecule has 2 aliphatic heterocycles. The van der Waals surface area contributed by atoms with Gasteiger partial charge in [-0.1, -0.05) is 13.0 Å². The van der Waals surface area contributed by atoms with Crippen molar-refractivity contribution < 1.29 is 24.5 Å². The number of allylic oxidation sites excluding steroid dienone is 2. The summed E-state index contributed by atoms with van der Waals surface area (Å²) >= 11 is 6.40. The van der Waals surface area contributed by atoms with Crippen LogP contribution in [0.4, 0.5) is 5.69 Å². The van der Waals surface area contributed by atoms with E-state index in [9.17, 15) is 19.8 Å². The van der Waals surface area contributed by atoms with Crippen molar-refractivity contribution in [1.29, 1.82) is 0 Å². The molecule has 31 heavy (non-hydrogen) atoms. The molecule has 8 heteroatoms. The highest BCUT2D eigenvalue weighted by molar-refractivity contribution is 9.11. The Labute approximate surface area is 197 Å². The number of hydrogen-bond acceptors (Lipinski definition) is 5. The van der Waals surface area contributed by atoms with Crippen molar-refractivity contribution in [1.82, 2.24) is 0 Å². The number of carbonyl (C=O) groups is 2. The highest BCUT2D eigenvalue weighted by Crippen LogP contribution is 2.71. The fourth-order valence-electron chi connectivity index (χ4n) is 6.93. The first kappa shape index (κ1) is 21.5. The summed E-state index contributed by atoms with van der Waals surface area (Å²) in [5.74, 6) is -0.203. The number of hydrogen-bond donors (Lipinski definition) is 3. The number of carbonyl (C=O) groups excluding carboxylic acids is 2. The predicted molar refractivity (Wildman–Crippen MR) is 122 cm³/mol. The van der Waals surface area contributed by atoms with E-state index in [4.69, 9.17) is 4.74 Å². The lowest BCUT2D eigenvalue weighted by Crippen LogP contribution is -2.56. The number of phenolic OH excluding ortho intramolecular Hbond substituents is 2. The summed E-state index contributed by atoms with van der Waals surface area (Å²) in [6.45, 7) is 4.17. The Morgan fingerprint density at radius 1 is 1.26 bits per heavy atom. The van der Waals surface area contributed by atoms with E-state index in [-0.39, 0.29) is 58.3 Å². The number of phenols is 2. The van der Waals surface area contributed by atoms with Crippen LogP contribution in [0, 0.1) is 22.7 Å². The average molecular weight is 555 g/mol. The lowest BCUT2D eigenvalue weighted by molar-refractivity contribution is -0.169. The Morgan fingerprint density at radius 3 is 2.58 bits per heavy atom. The lowest BCUT2D eigenvalue weighted by atomic mass is 9.51. The minimum Gasteiger partial charge on any atom is -0.505 e. The highest BCUT2D eigenvalue weighted by Gasteiger charge is 2.71. The third-order valence-electron chi connectivity index (χ3n) is 8.23. The van der Waals surface area contributed by atoms with Crippen LogP contribution < -0.4 is 5.32 Å². The molecule has 0 aromatic heterocycles. The molecule has 4 bridgehead atoms. The van der Waals surface area contributed by atoms with Crippen LogP contribution in [0.15, 0.2) is 27.2 Å². The van der Waals surface area contributed by atoms with Gasteiger partial charge in [-0.05, 0) is 87.9 Å². The van der Waals surface area contributed by atoms with Crippen molar-refractivity contribution in [2.24, 2.45) is 22.7 Å². The number of aromatic hydroxyl groups is 2. The van der Waals surface area contributed by atoms with Gasteiger partial charge in [-0.25, -0.2) is 0 Å². The van der Waals surface area contributed by atoms with Gasteiger partial charge in [-0.15, -0.1) is 0 Å². The Morgan fingerprint density at radius 2 is 1.94 bits per heavy atom. The van der Waals surface area contributed by atoms with Crippen LogP contribution in [0.2, 0.25) is 0 Å². The average Bonchev–Trinajstić information content (AvgIpc) is 3.07. The molecule has 4 fully saturated rings. The Balaban J connectivity index is 1.37. The van der Waals surface area contributed by atoms with E-state index in [1.807, 2.05) is 6.92 Å². The summed E-state index contributed by atoms with van der Waals surface area (Å²) in [5.41, 5.74) is -0.856. The van der Waals surface area contributed by atoms with Crippen molar-refractivity contribution >= 4 is 49.2 Å². The van der Waals surface area contributed by atoms with Crippen LogP contribution in [0.3, 0.4) is 0 Å². The van der Waals surface area contributed by atoms with E-state index in [1.54, 1.807) is 6.08 Å². The Kier molecular flexibility index (Phi) is 4.72. The Bertz CT molecular complexity index is 1020. The number of anilines is 1. The predicted octanol–water partition coefficient (Wildman–Crippen LogP) is 5.06. The molecule has 2 heterocycles. The molecule has 1 aromatic carbocycles. The summed E-state index contributed by atoms with van der Waals surface area (Å²) in [6, 6.07) is 1.50. The van der Waals surface area contributed by atoms with Gasteiger partial charge in [0.15, 0.2) is 17.3 Å². The summed E-state index contributed by atoms with van der Waals surface area (Å²) < 4.78 is 7.13. The fraction of sp³-hybridized carbons (Fsp3) is 0.565. The topological polar surface area (TPSA) is 95.9 Å². The fourth-order valence-corrected chi connectivity index (χ4v) is 8.09. The molecule has 166 valence electrons. The maximum absolute atomic E-state index is 13.1. The zero-order valence-corrected chi connectivity index (χ0v) is 20.5. The Hall–Kier alpha value is -1.38. The number of nitrogens with one attached hydrogen (secondary N) is 1. The van der Waals surface area contributed by atoms with Gasteiger partial charge < -0.3 is 20.3 Å². The number of halogens is 2. The van der Waals surface area contributed by atoms with E-state index < -0.39 is 5.41 Å². The van der Waals surface area contributed by atoms with Crippen LogP contribution in [-0.4, -0.2) is 33.6 Å². The molecule has 6 atom stereocenters. The normalized spacial score (nSPS) is 39.7. The van der Waals surface area contributed by atoms with Gasteiger partial charge in [0, 0.05) is 17.8 Å². The molecule has 0 unspecified atom stereocenters. The molecule has 6 nitrogen and oxygen atoms in total. The first-order valence-electron chi connectivity index (χ1n) is 10.6. The van der Waals surface area contributed by atoms with E-state index in [1.165, 1.54) is 6.07 Å². The van der Waals surface area contributed by atoms with Gasteiger partial charge in [0.2, 0.25) is 5.91 Å². The second kappa shape index (κ2) is 6.81. The largest absolute Gasteiger partial charge is 0.505 e. The summed E-state index contributed by atoms with van der Waals surface area (Å²) in [7, 11) is 0. The number of benzene rings is 1. The molecule has 0 radical (unpaired) electrons. The van der Waals surface area contributed by atoms with Crippen LogP contribution in [0.1, 0.15) is 46.0 Å². The maximum atomic E-state index is 13.1. The van der Waals surface area contributed by atoms with Crippen molar-refractivity contribution in [3.8, 4) is 11.5 Å². The lowest BCUT2D eigenvalue weighted by Gasteiger charge is -2.55. The number of amides is 1. The van der Waals surface area contributed by atoms with Gasteiger partial charge in [0.05, 0.1) is 20.7 Å². The van der Waals surface area contributed by atoms with Gasteiger partial charge >= 0.3 is 0 Å². The molecule has 6 rings (SSSR count). The minimum absolute atomic E-state index is 0.0224. The highest BCUT2D eigenvalue weighted by atomic mass is 79.9. The first-order chi connectivity index (χ1) is 14.5. The zero-order valence-electron chi connectivity index (χ0n) is 17.4. The molecule has 3 N–H and O–H groups in total. The molecule has 1 spiro atoms. The van der Waals surface area contributed by atoms with Crippen molar-refractivity contribution in [2.75, 3.05) is 5.32 Å². The number of rotatable bonds is 4. The molecule has 3 aliphatic carbocycles. The van der Waals surface area contributed by atoms with E-state index in [0.29, 0.717) is 21.3 Å². The van der Waals surface area contributed by atoms with Crippen LogP contribution >= 0.6 is 31.9 Å². The molecule has 5 aliphatic rings. The summed E-state index contributed by atoms with van der Waals surface area (Å²) in [5, 5.41) is 23.1. The summed E-state index contributed by atoms with van der Waals surface area (Å²) in [6.07, 6.45) is 7.35. The molecular formula is C23H25Br2NO5. The number of ether oxygens (including phenoxy) is 1. The molecule has 1 aromatic rings. The molecule has 2 saturated heterocycles. The van der Waals surface area contributed by atoms with Crippen molar-refractivity contribution in [3.05, 3.63) is 27.2 Å². The minimum atomic E-state index is -0.685. The van der Waals surface area contributed by atoms with Gasteiger partial charge in [-0.3, -0.25) is 9.59 Å². The van der Waals surface area contributed by atoms with Crippen molar-refractivity contribution in [3.63, 3.8) is 0 Å². The van der Waals surface area contributed by atoms with E-state index >= 15 is 0 Å². The second-order valence-electron chi connectivity index (χ2n) is 10.1. The molecule has 2 saturated carbocycles. The molecular weight excluding hydrogens is 530 g/mol. The van der Waals surface area contributed by atoms with Crippen LogP contribution in [0.25, 0.3) is 0 Å². The quantitative estimate of drug-likeness (QED) is 0.452. The maximum Gasteiger partial charge on any atom is 0.224 e. The van der Waals surface area contributed by atoms with Gasteiger partial charge in [0.25, 0.3) is 0 Å². The third-order valence-corrected chi connectivity index (χ3v) is 9.44. The monoisotopic (exact) mass is 553 g/mol. The SMILES string of the molecule is C[C@@]12C[C@]34C=CC(=O)[C@](C)(CCC(=O)Nc5c(O)c(Br)cc(Br)c5O)[C@H]3[C@@H](C[C@H]1C4)O2. The van der Waals surface area contributed by atoms with Crippen molar-refractivity contribution in [2.45, 2.75) is 57.7 Å². The van der Waals surface area contributed by atoms with Crippen LogP contribution in [-0.2, 0) is 14.3 Å². The van der Waals surface area contributed by atoms with E-state index in [2.05, 4.69) is 50.2 Å². The summed E-state index contributed by atoms with van der Waals surface area (Å²) in [4.78, 5) is 25.9. The molecule has 1 amide bonds. The van der Waals surface area contributed by atoms with Crippen LogP contribution in [0.5, 0.6) is 11.5 Å². The second-order valence-corrected chi connectivity index (χ2v) is 11.8.